The highest BCUT2D eigenvalue weighted by atomic mass is 19.1. The van der Waals surface area contributed by atoms with E-state index in [0.29, 0.717) is 12.0 Å². The van der Waals surface area contributed by atoms with Gasteiger partial charge in [-0.15, -0.1) is 0 Å². The summed E-state index contributed by atoms with van der Waals surface area (Å²) in [6.07, 6.45) is 9.29. The maximum absolute atomic E-state index is 14.2. The number of allylic oxidation sites excluding steroid dienone is 4. The van der Waals surface area contributed by atoms with Gasteiger partial charge in [0.25, 0.3) is 0 Å². The molecule has 2 aliphatic rings. The Bertz CT molecular complexity index is 961. The fourth-order valence-electron chi connectivity index (χ4n) is 3.84. The molecule has 1 fully saturated rings. The molecule has 4 nitrogen and oxygen atoms in total. The lowest BCUT2D eigenvalue weighted by molar-refractivity contribution is -0.125. The van der Waals surface area contributed by atoms with Gasteiger partial charge in [0, 0.05) is 41.5 Å². The van der Waals surface area contributed by atoms with Gasteiger partial charge in [0.15, 0.2) is 0 Å². The highest BCUT2D eigenvalue weighted by Crippen LogP contribution is 2.50. The van der Waals surface area contributed by atoms with Crippen molar-refractivity contribution in [3.8, 4) is 0 Å². The first-order valence-corrected chi connectivity index (χ1v) is 8.68. The van der Waals surface area contributed by atoms with E-state index in [-0.39, 0.29) is 17.6 Å². The first-order chi connectivity index (χ1) is 12.4. The number of pyridine rings is 2. The molecule has 5 heteroatoms. The van der Waals surface area contributed by atoms with E-state index in [1.54, 1.807) is 11.1 Å². The molecule has 0 radical (unpaired) electrons. The van der Waals surface area contributed by atoms with Gasteiger partial charge < -0.3 is 0 Å². The molecule has 0 spiro atoms. The number of aryl methyl sites for hydroxylation is 1. The summed E-state index contributed by atoms with van der Waals surface area (Å²) in [7, 11) is 0. The molecule has 2 aromatic rings. The summed E-state index contributed by atoms with van der Waals surface area (Å²) in [6.45, 7) is 5.86. The molecular formula is C21H20FN3O. The molecule has 26 heavy (non-hydrogen) atoms. The fraction of sp³-hybridized carbons (Fsp3) is 0.286. The van der Waals surface area contributed by atoms with Gasteiger partial charge in [-0.1, -0.05) is 19.9 Å². The molecule has 0 bridgehead atoms. The predicted octanol–water partition coefficient (Wildman–Crippen LogP) is 4.28. The van der Waals surface area contributed by atoms with E-state index in [1.807, 2.05) is 45.1 Å². The molecule has 1 saturated heterocycles. The Kier molecular flexibility index (Phi) is 3.75. The lowest BCUT2D eigenvalue weighted by atomic mass is 9.75. The number of fused-ring (bicyclic) bond motifs is 1. The zero-order valence-electron chi connectivity index (χ0n) is 15.0. The fourth-order valence-corrected chi connectivity index (χ4v) is 3.84. The molecule has 0 aromatic carbocycles. The van der Waals surface area contributed by atoms with E-state index < -0.39 is 5.41 Å². The van der Waals surface area contributed by atoms with Crippen molar-refractivity contribution in [3.63, 3.8) is 0 Å². The zero-order chi connectivity index (χ0) is 18.5. The van der Waals surface area contributed by atoms with Crippen molar-refractivity contribution in [2.24, 2.45) is 11.3 Å². The number of carbonyl (C=O) groups excluding carboxylic acids is 1. The van der Waals surface area contributed by atoms with E-state index >= 15 is 0 Å². The van der Waals surface area contributed by atoms with Gasteiger partial charge >= 0.3 is 0 Å². The van der Waals surface area contributed by atoms with Crippen molar-refractivity contribution < 1.29 is 9.18 Å². The van der Waals surface area contributed by atoms with Crippen LogP contribution in [0.25, 0.3) is 5.57 Å². The minimum Gasteiger partial charge on any atom is -0.284 e. The lowest BCUT2D eigenvalue weighted by Crippen LogP contribution is -2.31. The highest BCUT2D eigenvalue weighted by Gasteiger charge is 2.51. The maximum atomic E-state index is 14.2. The van der Waals surface area contributed by atoms with Gasteiger partial charge in [-0.2, -0.15) is 0 Å². The number of hydrogen-bond acceptors (Lipinski definition) is 3. The van der Waals surface area contributed by atoms with E-state index in [0.717, 1.165) is 22.7 Å². The van der Waals surface area contributed by atoms with Crippen LogP contribution in [0.3, 0.4) is 0 Å². The number of carbonyl (C=O) groups is 1. The monoisotopic (exact) mass is 349 g/mol. The number of hydrogen-bond donors (Lipinski definition) is 0. The molecule has 1 aliphatic carbocycles. The number of rotatable bonds is 2. The van der Waals surface area contributed by atoms with Crippen LogP contribution in [0, 0.1) is 24.1 Å². The quantitative estimate of drug-likeness (QED) is 0.813. The van der Waals surface area contributed by atoms with E-state index in [1.165, 1.54) is 18.5 Å². The Morgan fingerprint density at radius 1 is 1.27 bits per heavy atom. The van der Waals surface area contributed by atoms with E-state index in [9.17, 15) is 9.18 Å². The van der Waals surface area contributed by atoms with Crippen LogP contribution in [0.1, 0.15) is 31.5 Å². The molecule has 0 saturated carbocycles. The topological polar surface area (TPSA) is 46.1 Å². The van der Waals surface area contributed by atoms with Crippen LogP contribution in [-0.4, -0.2) is 15.9 Å². The molecule has 2 aromatic heterocycles. The summed E-state index contributed by atoms with van der Waals surface area (Å²) in [6, 6.07) is 5.10. The van der Waals surface area contributed by atoms with Crippen molar-refractivity contribution in [1.82, 2.24) is 9.97 Å². The Morgan fingerprint density at radius 3 is 2.81 bits per heavy atom. The second kappa shape index (κ2) is 5.87. The first kappa shape index (κ1) is 16.6. The number of anilines is 1. The summed E-state index contributed by atoms with van der Waals surface area (Å²) in [5.41, 5.74) is 3.27. The van der Waals surface area contributed by atoms with E-state index in [2.05, 4.69) is 9.97 Å². The minimum atomic E-state index is -0.515. The number of halogens is 1. The molecule has 1 amide bonds. The number of amides is 1. The van der Waals surface area contributed by atoms with Gasteiger partial charge in [0.1, 0.15) is 5.82 Å². The van der Waals surface area contributed by atoms with Crippen LogP contribution >= 0.6 is 0 Å². The smallest absolute Gasteiger partial charge is 0.237 e. The number of nitrogens with zero attached hydrogens (tertiary/aromatic N) is 3. The molecule has 1 aliphatic heterocycles. The van der Waals surface area contributed by atoms with E-state index in [4.69, 9.17) is 0 Å². The lowest BCUT2D eigenvalue weighted by Gasteiger charge is -2.26. The third-order valence-corrected chi connectivity index (χ3v) is 5.33. The Labute approximate surface area is 152 Å². The molecule has 3 heterocycles. The largest absolute Gasteiger partial charge is 0.284 e. The highest BCUT2D eigenvalue weighted by molar-refractivity contribution is 6.05. The average Bonchev–Trinajstić information content (AvgIpc) is 2.81. The van der Waals surface area contributed by atoms with Crippen LogP contribution in [-0.2, 0) is 4.79 Å². The van der Waals surface area contributed by atoms with Gasteiger partial charge in [0.05, 0.1) is 11.1 Å². The number of aromatic nitrogens is 2. The Hall–Kier alpha value is -2.82. The first-order valence-electron chi connectivity index (χ1n) is 8.68. The van der Waals surface area contributed by atoms with Gasteiger partial charge in [-0.25, -0.2) is 4.39 Å². The van der Waals surface area contributed by atoms with Gasteiger partial charge in [-0.3, -0.25) is 19.7 Å². The van der Waals surface area contributed by atoms with Crippen LogP contribution in [0.4, 0.5) is 10.1 Å². The second-order valence-corrected chi connectivity index (χ2v) is 7.39. The third-order valence-electron chi connectivity index (χ3n) is 5.33. The van der Waals surface area contributed by atoms with Crippen molar-refractivity contribution >= 4 is 17.2 Å². The normalized spacial score (nSPS) is 21.3. The van der Waals surface area contributed by atoms with Crippen molar-refractivity contribution in [2.45, 2.75) is 27.2 Å². The minimum absolute atomic E-state index is 0.0562. The molecule has 132 valence electrons. The molecular weight excluding hydrogens is 329 g/mol. The van der Waals surface area contributed by atoms with Crippen LogP contribution < -0.4 is 4.90 Å². The summed E-state index contributed by atoms with van der Waals surface area (Å²) in [5.74, 6) is -0.191. The summed E-state index contributed by atoms with van der Waals surface area (Å²) < 4.78 is 14.2. The van der Waals surface area contributed by atoms with Crippen LogP contribution in [0.15, 0.2) is 54.6 Å². The summed E-state index contributed by atoms with van der Waals surface area (Å²) >= 11 is 0. The van der Waals surface area contributed by atoms with Crippen molar-refractivity contribution in [2.75, 3.05) is 4.90 Å². The molecule has 1 unspecified atom stereocenters. The Morgan fingerprint density at radius 2 is 2.08 bits per heavy atom. The molecule has 4 rings (SSSR count). The SMILES string of the molecule is Cc1cc(N2C(=O)C(C)(C)C3CC=C(c4cnccc4F)C=C32)ccn1. The average molecular weight is 349 g/mol. The predicted molar refractivity (Wildman–Crippen MR) is 98.6 cm³/mol. The van der Waals surface area contributed by atoms with Crippen LogP contribution in [0.5, 0.6) is 0 Å². The molecule has 1 atom stereocenters. The van der Waals surface area contributed by atoms with Gasteiger partial charge in [0.2, 0.25) is 5.91 Å². The van der Waals surface area contributed by atoms with Gasteiger partial charge in [-0.05, 0) is 43.2 Å². The molecule has 0 N–H and O–H groups in total. The second-order valence-electron chi connectivity index (χ2n) is 7.39. The Balaban J connectivity index is 1.84. The third kappa shape index (κ3) is 2.46. The van der Waals surface area contributed by atoms with Crippen molar-refractivity contribution in [3.05, 3.63) is 71.7 Å². The standard InChI is InChI=1S/C21H20FN3O/c1-13-10-15(6-9-24-13)25-19-11-14(16-12-23-8-7-18(16)22)4-5-17(19)21(2,3)20(25)26/h4,6-12,17H,5H2,1-3H3. The zero-order valence-corrected chi connectivity index (χ0v) is 15.0. The summed E-state index contributed by atoms with van der Waals surface area (Å²) in [5, 5.41) is 0. The summed E-state index contributed by atoms with van der Waals surface area (Å²) in [4.78, 5) is 23.2. The van der Waals surface area contributed by atoms with Crippen molar-refractivity contribution in [1.29, 1.82) is 0 Å². The van der Waals surface area contributed by atoms with Crippen LogP contribution in [0.2, 0.25) is 0 Å². The maximum Gasteiger partial charge on any atom is 0.237 e.